The van der Waals surface area contributed by atoms with Crippen molar-refractivity contribution < 1.29 is 28.9 Å². The molecule has 0 heterocycles. The number of ether oxygens (including phenoxy) is 3. The number of carbonyl (C=O) groups excluding carboxylic acids is 1. The number of hydrogen-bond donors (Lipinski definition) is 1. The minimum absolute atomic E-state index is 0.0382. The smallest absolute Gasteiger partial charge is 0.450 e. The predicted octanol–water partition coefficient (Wildman–Crippen LogP) is 3.75. The summed E-state index contributed by atoms with van der Waals surface area (Å²) in [4.78, 5) is 21.9. The molecule has 1 atom stereocenters. The van der Waals surface area contributed by atoms with Gasteiger partial charge in [-0.25, -0.2) is 9.59 Å². The fourth-order valence-corrected chi connectivity index (χ4v) is 2.03. The van der Waals surface area contributed by atoms with Crippen LogP contribution in [0.1, 0.15) is 22.8 Å². The van der Waals surface area contributed by atoms with Gasteiger partial charge in [0.1, 0.15) is 6.61 Å². The fourth-order valence-electron chi connectivity index (χ4n) is 2.03. The number of methoxy groups -OCH3 is 1. The Hall–Kier alpha value is -3.02. The highest BCUT2D eigenvalue weighted by Gasteiger charge is 2.19. The summed E-state index contributed by atoms with van der Waals surface area (Å²) in [7, 11) is 1.25. The average molecular weight is 316 g/mol. The van der Waals surface area contributed by atoms with Gasteiger partial charge in [-0.3, -0.25) is 0 Å². The van der Waals surface area contributed by atoms with E-state index in [4.69, 9.17) is 9.84 Å². The highest BCUT2D eigenvalue weighted by molar-refractivity contribution is 5.61. The first-order valence-corrected chi connectivity index (χ1v) is 6.84. The van der Waals surface area contributed by atoms with Crippen LogP contribution in [0.4, 0.5) is 9.59 Å². The largest absolute Gasteiger partial charge is 0.508 e. The van der Waals surface area contributed by atoms with Crippen molar-refractivity contribution in [1.29, 1.82) is 0 Å². The maximum Gasteiger partial charge on any atom is 0.508 e. The normalized spacial score (nSPS) is 11.3. The van der Waals surface area contributed by atoms with Crippen LogP contribution in [0.3, 0.4) is 0 Å². The van der Waals surface area contributed by atoms with E-state index in [2.05, 4.69) is 9.47 Å². The SMILES string of the molecule is COC(=O)OC(c1ccccc1)c1ccc(COC(=O)O)cc1. The molecule has 2 rings (SSSR count). The molecule has 0 aliphatic heterocycles. The fraction of sp³-hybridized carbons (Fsp3) is 0.176. The van der Waals surface area contributed by atoms with E-state index in [1.807, 2.05) is 30.3 Å². The Bertz CT molecular complexity index is 651. The first-order valence-electron chi connectivity index (χ1n) is 6.84. The number of benzene rings is 2. The van der Waals surface area contributed by atoms with Crippen LogP contribution in [0.2, 0.25) is 0 Å². The molecule has 0 aromatic heterocycles. The lowest BCUT2D eigenvalue weighted by atomic mass is 10.0. The van der Waals surface area contributed by atoms with Crippen LogP contribution in [0.5, 0.6) is 0 Å². The van der Waals surface area contributed by atoms with Gasteiger partial charge in [0.2, 0.25) is 0 Å². The Labute approximate surface area is 133 Å². The molecule has 0 fully saturated rings. The third-order valence-corrected chi connectivity index (χ3v) is 3.13. The second kappa shape index (κ2) is 7.84. The van der Waals surface area contributed by atoms with Crippen molar-refractivity contribution in [2.24, 2.45) is 0 Å². The lowest BCUT2D eigenvalue weighted by molar-refractivity contribution is 0.0497. The van der Waals surface area contributed by atoms with Crippen molar-refractivity contribution in [1.82, 2.24) is 0 Å². The second-order valence-electron chi connectivity index (χ2n) is 4.66. The van der Waals surface area contributed by atoms with E-state index >= 15 is 0 Å². The Morgan fingerprint density at radius 2 is 1.61 bits per heavy atom. The van der Waals surface area contributed by atoms with E-state index in [0.717, 1.165) is 11.1 Å². The van der Waals surface area contributed by atoms with Crippen LogP contribution in [0, 0.1) is 0 Å². The topological polar surface area (TPSA) is 82.1 Å². The van der Waals surface area contributed by atoms with Gasteiger partial charge < -0.3 is 19.3 Å². The summed E-state index contributed by atoms with van der Waals surface area (Å²) in [5.74, 6) is 0. The third-order valence-electron chi connectivity index (χ3n) is 3.13. The lowest BCUT2D eigenvalue weighted by Crippen LogP contribution is -2.12. The first kappa shape index (κ1) is 16.4. The van der Waals surface area contributed by atoms with Crippen LogP contribution in [-0.2, 0) is 20.8 Å². The van der Waals surface area contributed by atoms with Crippen molar-refractivity contribution in [3.63, 3.8) is 0 Å². The van der Waals surface area contributed by atoms with Crippen LogP contribution in [0.15, 0.2) is 54.6 Å². The predicted molar refractivity (Wildman–Crippen MR) is 81.0 cm³/mol. The summed E-state index contributed by atoms with van der Waals surface area (Å²) < 4.78 is 14.4. The van der Waals surface area contributed by atoms with Gasteiger partial charge in [0.25, 0.3) is 0 Å². The number of carbonyl (C=O) groups is 2. The van der Waals surface area contributed by atoms with Gasteiger partial charge in [0.05, 0.1) is 7.11 Å². The molecule has 0 aliphatic carbocycles. The van der Waals surface area contributed by atoms with E-state index in [-0.39, 0.29) is 6.61 Å². The van der Waals surface area contributed by atoms with Crippen molar-refractivity contribution in [3.05, 3.63) is 71.3 Å². The average Bonchev–Trinajstić information content (AvgIpc) is 2.59. The van der Waals surface area contributed by atoms with Crippen LogP contribution in [-0.4, -0.2) is 24.5 Å². The lowest BCUT2D eigenvalue weighted by Gasteiger charge is -2.18. The summed E-state index contributed by atoms with van der Waals surface area (Å²) in [5.41, 5.74) is 2.23. The molecular formula is C17H16O6. The van der Waals surface area contributed by atoms with Crippen molar-refractivity contribution in [3.8, 4) is 0 Å². The van der Waals surface area contributed by atoms with Crippen molar-refractivity contribution >= 4 is 12.3 Å². The van der Waals surface area contributed by atoms with Gasteiger partial charge in [-0.1, -0.05) is 54.6 Å². The minimum Gasteiger partial charge on any atom is -0.450 e. The van der Waals surface area contributed by atoms with E-state index in [9.17, 15) is 9.59 Å². The highest BCUT2D eigenvalue weighted by Crippen LogP contribution is 2.26. The maximum absolute atomic E-state index is 11.5. The molecule has 0 radical (unpaired) electrons. The summed E-state index contributed by atoms with van der Waals surface area (Å²) in [6.45, 7) is -0.0382. The Morgan fingerprint density at radius 3 is 2.17 bits per heavy atom. The van der Waals surface area contributed by atoms with Crippen LogP contribution in [0.25, 0.3) is 0 Å². The molecule has 120 valence electrons. The van der Waals surface area contributed by atoms with Crippen molar-refractivity contribution in [2.75, 3.05) is 7.11 Å². The molecule has 23 heavy (non-hydrogen) atoms. The van der Waals surface area contributed by atoms with Gasteiger partial charge in [0.15, 0.2) is 6.10 Å². The summed E-state index contributed by atoms with van der Waals surface area (Å²) in [5, 5.41) is 8.50. The molecule has 2 aromatic carbocycles. The number of hydrogen-bond acceptors (Lipinski definition) is 5. The molecule has 0 saturated carbocycles. The number of rotatable bonds is 5. The van der Waals surface area contributed by atoms with Gasteiger partial charge in [-0.05, 0) is 16.7 Å². The molecule has 6 heteroatoms. The summed E-state index contributed by atoms with van der Waals surface area (Å²) in [6.07, 6.45) is -2.72. The molecule has 0 bridgehead atoms. The van der Waals surface area contributed by atoms with Crippen LogP contribution < -0.4 is 0 Å². The standard InChI is InChI=1S/C17H16O6/c1-21-17(20)23-15(13-5-3-2-4-6-13)14-9-7-12(8-10-14)11-22-16(18)19/h2-10,15H,11H2,1H3,(H,18,19). The molecule has 0 spiro atoms. The molecule has 1 N–H and O–H groups in total. The molecule has 0 aliphatic rings. The van der Waals surface area contributed by atoms with Gasteiger partial charge in [-0.2, -0.15) is 0 Å². The monoisotopic (exact) mass is 316 g/mol. The Balaban J connectivity index is 2.21. The zero-order valence-corrected chi connectivity index (χ0v) is 12.5. The quantitative estimate of drug-likeness (QED) is 0.846. The molecule has 0 saturated heterocycles. The van der Waals surface area contributed by atoms with E-state index in [1.165, 1.54) is 7.11 Å². The van der Waals surface area contributed by atoms with Gasteiger partial charge >= 0.3 is 12.3 Å². The number of carboxylic acid groups (broad SMARTS) is 1. The molecular weight excluding hydrogens is 300 g/mol. The molecule has 2 aromatic rings. The van der Waals surface area contributed by atoms with Gasteiger partial charge in [0, 0.05) is 0 Å². The zero-order chi connectivity index (χ0) is 16.7. The summed E-state index contributed by atoms with van der Waals surface area (Å²) >= 11 is 0. The second-order valence-corrected chi connectivity index (χ2v) is 4.66. The molecule has 1 unspecified atom stereocenters. The zero-order valence-electron chi connectivity index (χ0n) is 12.5. The third kappa shape index (κ3) is 4.74. The molecule has 0 amide bonds. The first-order chi connectivity index (χ1) is 11.1. The Kier molecular flexibility index (Phi) is 5.57. The minimum atomic E-state index is -1.33. The van der Waals surface area contributed by atoms with Crippen LogP contribution >= 0.6 is 0 Å². The Morgan fingerprint density at radius 1 is 1.00 bits per heavy atom. The highest BCUT2D eigenvalue weighted by atomic mass is 16.7. The van der Waals surface area contributed by atoms with Crippen molar-refractivity contribution in [2.45, 2.75) is 12.7 Å². The van der Waals surface area contributed by atoms with E-state index < -0.39 is 18.4 Å². The van der Waals surface area contributed by atoms with Gasteiger partial charge in [-0.15, -0.1) is 0 Å². The summed E-state index contributed by atoms with van der Waals surface area (Å²) in [6, 6.07) is 16.2. The van der Waals surface area contributed by atoms with E-state index in [1.54, 1.807) is 24.3 Å². The maximum atomic E-state index is 11.5. The molecule has 6 nitrogen and oxygen atoms in total. The van der Waals surface area contributed by atoms with E-state index in [0.29, 0.717) is 5.56 Å².